The van der Waals surface area contributed by atoms with Crippen molar-refractivity contribution in [2.24, 2.45) is 0 Å². The number of benzene rings is 1. The van der Waals surface area contributed by atoms with Crippen molar-refractivity contribution in [3.63, 3.8) is 0 Å². The van der Waals surface area contributed by atoms with Crippen LogP contribution in [0.25, 0.3) is 0 Å². The Morgan fingerprint density at radius 2 is 2.00 bits per heavy atom. The van der Waals surface area contributed by atoms with E-state index in [1.807, 2.05) is 30.3 Å². The van der Waals surface area contributed by atoms with Crippen molar-refractivity contribution < 1.29 is 9.53 Å². The van der Waals surface area contributed by atoms with Crippen LogP contribution in [-0.2, 0) is 4.74 Å². The lowest BCUT2D eigenvalue weighted by atomic mass is 10.1. The molecule has 1 aromatic carbocycles. The van der Waals surface area contributed by atoms with Crippen molar-refractivity contribution in [2.75, 3.05) is 6.61 Å². The number of hydrogen-bond acceptors (Lipinski definition) is 2. The Balaban J connectivity index is 2.21. The smallest absolute Gasteiger partial charge is 0.162 e. The van der Waals surface area contributed by atoms with Gasteiger partial charge in [0, 0.05) is 18.6 Å². The molecule has 0 spiro atoms. The molecule has 0 aliphatic carbocycles. The highest BCUT2D eigenvalue weighted by Crippen LogP contribution is 2.06. The Morgan fingerprint density at radius 1 is 1.31 bits per heavy atom. The summed E-state index contributed by atoms with van der Waals surface area (Å²) in [7, 11) is 0. The maximum Gasteiger partial charge on any atom is 0.162 e. The summed E-state index contributed by atoms with van der Waals surface area (Å²) in [5.41, 5.74) is 0.797. The molecule has 0 saturated carbocycles. The Kier molecular flexibility index (Phi) is 5.79. The van der Waals surface area contributed by atoms with E-state index in [0.717, 1.165) is 18.4 Å². The van der Waals surface area contributed by atoms with Gasteiger partial charge in [-0.3, -0.25) is 4.79 Å². The SMILES string of the molecule is CCC(C)OCCCC(=O)c1ccccc1. The van der Waals surface area contributed by atoms with E-state index in [1.165, 1.54) is 0 Å². The van der Waals surface area contributed by atoms with Crippen LogP contribution in [0.15, 0.2) is 30.3 Å². The second kappa shape index (κ2) is 7.18. The molecule has 0 radical (unpaired) electrons. The van der Waals surface area contributed by atoms with Crippen LogP contribution in [-0.4, -0.2) is 18.5 Å². The summed E-state index contributed by atoms with van der Waals surface area (Å²) in [6.45, 7) is 4.83. The van der Waals surface area contributed by atoms with Gasteiger partial charge in [0.2, 0.25) is 0 Å². The highest BCUT2D eigenvalue weighted by molar-refractivity contribution is 5.95. The first-order chi connectivity index (χ1) is 7.74. The van der Waals surface area contributed by atoms with Gasteiger partial charge < -0.3 is 4.74 Å². The lowest BCUT2D eigenvalue weighted by Gasteiger charge is -2.09. The summed E-state index contributed by atoms with van der Waals surface area (Å²) in [4.78, 5) is 11.7. The molecule has 0 aliphatic heterocycles. The predicted molar refractivity (Wildman–Crippen MR) is 65.7 cm³/mol. The number of hydrogen-bond donors (Lipinski definition) is 0. The van der Waals surface area contributed by atoms with E-state index in [9.17, 15) is 4.79 Å². The van der Waals surface area contributed by atoms with Crippen LogP contribution in [0.5, 0.6) is 0 Å². The van der Waals surface area contributed by atoms with Crippen molar-refractivity contribution >= 4 is 5.78 Å². The molecule has 16 heavy (non-hydrogen) atoms. The first kappa shape index (κ1) is 12.9. The molecule has 0 N–H and O–H groups in total. The summed E-state index contributed by atoms with van der Waals surface area (Å²) in [5, 5.41) is 0. The number of ketones is 1. The van der Waals surface area contributed by atoms with Crippen LogP contribution in [0, 0.1) is 0 Å². The summed E-state index contributed by atoms with van der Waals surface area (Å²) in [6, 6.07) is 9.42. The fourth-order valence-corrected chi connectivity index (χ4v) is 1.40. The fourth-order valence-electron chi connectivity index (χ4n) is 1.40. The molecule has 0 bridgehead atoms. The second-order valence-electron chi connectivity index (χ2n) is 3.98. The zero-order valence-corrected chi connectivity index (χ0v) is 10.1. The number of Topliss-reactive ketones (excluding diaryl/α,β-unsaturated/α-hetero) is 1. The average molecular weight is 220 g/mol. The van der Waals surface area contributed by atoms with Gasteiger partial charge in [0.25, 0.3) is 0 Å². The van der Waals surface area contributed by atoms with E-state index in [4.69, 9.17) is 4.74 Å². The van der Waals surface area contributed by atoms with E-state index in [-0.39, 0.29) is 5.78 Å². The monoisotopic (exact) mass is 220 g/mol. The minimum Gasteiger partial charge on any atom is -0.379 e. The van der Waals surface area contributed by atoms with E-state index in [0.29, 0.717) is 19.1 Å². The largest absolute Gasteiger partial charge is 0.379 e. The minimum absolute atomic E-state index is 0.202. The Hall–Kier alpha value is -1.15. The number of carbonyl (C=O) groups excluding carboxylic acids is 1. The highest BCUT2D eigenvalue weighted by atomic mass is 16.5. The standard InChI is InChI=1S/C14H20O2/c1-3-12(2)16-11-7-10-14(15)13-8-5-4-6-9-13/h4-6,8-9,12H,3,7,10-11H2,1-2H3. The van der Waals surface area contributed by atoms with Gasteiger partial charge in [0.1, 0.15) is 0 Å². The number of rotatable bonds is 7. The quantitative estimate of drug-likeness (QED) is 0.519. The van der Waals surface area contributed by atoms with Gasteiger partial charge in [0.15, 0.2) is 5.78 Å². The number of ether oxygens (including phenoxy) is 1. The molecule has 0 saturated heterocycles. The Morgan fingerprint density at radius 3 is 2.62 bits per heavy atom. The van der Waals surface area contributed by atoms with Gasteiger partial charge in [-0.2, -0.15) is 0 Å². The van der Waals surface area contributed by atoms with Gasteiger partial charge in [-0.25, -0.2) is 0 Å². The third-order valence-electron chi connectivity index (χ3n) is 2.62. The number of carbonyl (C=O) groups is 1. The van der Waals surface area contributed by atoms with Gasteiger partial charge in [0.05, 0.1) is 6.10 Å². The Bertz CT molecular complexity index is 306. The second-order valence-corrected chi connectivity index (χ2v) is 3.98. The molecule has 0 fully saturated rings. The summed E-state index contributed by atoms with van der Waals surface area (Å²) in [6.07, 6.45) is 2.69. The van der Waals surface area contributed by atoms with Crippen LogP contribution in [0.3, 0.4) is 0 Å². The van der Waals surface area contributed by atoms with E-state index in [1.54, 1.807) is 0 Å². The lowest BCUT2D eigenvalue weighted by molar-refractivity contribution is 0.0593. The van der Waals surface area contributed by atoms with Crippen molar-refractivity contribution in [1.29, 1.82) is 0 Å². The summed E-state index contributed by atoms with van der Waals surface area (Å²) in [5.74, 6) is 0.202. The molecule has 2 nitrogen and oxygen atoms in total. The van der Waals surface area contributed by atoms with Gasteiger partial charge >= 0.3 is 0 Å². The van der Waals surface area contributed by atoms with Crippen LogP contribution in [0.2, 0.25) is 0 Å². The predicted octanol–water partition coefficient (Wildman–Crippen LogP) is 3.46. The zero-order valence-electron chi connectivity index (χ0n) is 10.1. The molecule has 0 heterocycles. The van der Waals surface area contributed by atoms with Gasteiger partial charge in [-0.05, 0) is 19.8 Å². The molecule has 0 aromatic heterocycles. The van der Waals surface area contributed by atoms with Crippen molar-refractivity contribution in [1.82, 2.24) is 0 Å². The maximum absolute atomic E-state index is 11.7. The van der Waals surface area contributed by atoms with Crippen molar-refractivity contribution in [3.8, 4) is 0 Å². The molecule has 1 atom stereocenters. The van der Waals surface area contributed by atoms with Crippen molar-refractivity contribution in [3.05, 3.63) is 35.9 Å². The molecular formula is C14H20O2. The van der Waals surface area contributed by atoms with E-state index in [2.05, 4.69) is 13.8 Å². The third-order valence-corrected chi connectivity index (χ3v) is 2.62. The molecule has 1 aromatic rings. The van der Waals surface area contributed by atoms with Crippen LogP contribution in [0.4, 0.5) is 0 Å². The lowest BCUT2D eigenvalue weighted by Crippen LogP contribution is -2.09. The molecule has 2 heteroatoms. The van der Waals surface area contributed by atoms with E-state index < -0.39 is 0 Å². The zero-order chi connectivity index (χ0) is 11.8. The Labute approximate surface area is 97.6 Å². The first-order valence-electron chi connectivity index (χ1n) is 5.94. The topological polar surface area (TPSA) is 26.3 Å². The normalized spacial score (nSPS) is 12.4. The molecule has 0 aliphatic rings. The van der Waals surface area contributed by atoms with Crippen molar-refractivity contribution in [2.45, 2.75) is 39.2 Å². The minimum atomic E-state index is 0.202. The third kappa shape index (κ3) is 4.58. The summed E-state index contributed by atoms with van der Waals surface area (Å²) >= 11 is 0. The van der Waals surface area contributed by atoms with E-state index >= 15 is 0 Å². The molecule has 1 rings (SSSR count). The highest BCUT2D eigenvalue weighted by Gasteiger charge is 2.05. The van der Waals surface area contributed by atoms with Crippen LogP contribution < -0.4 is 0 Å². The fraction of sp³-hybridized carbons (Fsp3) is 0.500. The van der Waals surface area contributed by atoms with Crippen LogP contribution >= 0.6 is 0 Å². The molecule has 1 unspecified atom stereocenters. The molecular weight excluding hydrogens is 200 g/mol. The molecule has 88 valence electrons. The van der Waals surface area contributed by atoms with Crippen LogP contribution in [0.1, 0.15) is 43.5 Å². The molecule has 0 amide bonds. The maximum atomic E-state index is 11.7. The van der Waals surface area contributed by atoms with Gasteiger partial charge in [-0.15, -0.1) is 0 Å². The first-order valence-corrected chi connectivity index (χ1v) is 5.94. The average Bonchev–Trinajstić information content (AvgIpc) is 2.35. The van der Waals surface area contributed by atoms with Gasteiger partial charge in [-0.1, -0.05) is 37.3 Å². The summed E-state index contributed by atoms with van der Waals surface area (Å²) < 4.78 is 5.53.